The fraction of sp³-hybridized carbons (Fsp3) is 0.846. The zero-order valence-electron chi connectivity index (χ0n) is 11.5. The molecule has 0 saturated carbocycles. The lowest BCUT2D eigenvalue weighted by Crippen LogP contribution is -2.24. The summed E-state index contributed by atoms with van der Waals surface area (Å²) in [6.45, 7) is 9.56. The number of nitrogens with two attached hydrogens (primary N) is 1. The minimum absolute atomic E-state index is 0.285. The van der Waals surface area contributed by atoms with E-state index in [4.69, 9.17) is 10.3 Å². The summed E-state index contributed by atoms with van der Waals surface area (Å²) in [4.78, 5) is 4.33. The smallest absolute Gasteiger partial charge is 0.226 e. The fourth-order valence-electron chi connectivity index (χ4n) is 2.04. The summed E-state index contributed by atoms with van der Waals surface area (Å²) in [5, 5.41) is 3.91. The monoisotopic (exact) mass is 239 g/mol. The van der Waals surface area contributed by atoms with Crippen LogP contribution in [0.5, 0.6) is 0 Å². The molecule has 0 radical (unpaired) electrons. The number of nitrogens with zero attached hydrogens (tertiary/aromatic N) is 2. The summed E-state index contributed by atoms with van der Waals surface area (Å²) in [7, 11) is 0. The SMILES string of the molecule is CCc1noc(CCC(CCN)C(C)(C)C)n1. The van der Waals surface area contributed by atoms with Crippen LogP contribution in [0.1, 0.15) is 52.3 Å². The van der Waals surface area contributed by atoms with Crippen molar-refractivity contribution in [2.24, 2.45) is 17.1 Å². The number of aryl methyl sites for hydroxylation is 2. The van der Waals surface area contributed by atoms with Gasteiger partial charge in [-0.1, -0.05) is 32.9 Å². The van der Waals surface area contributed by atoms with Gasteiger partial charge in [-0.25, -0.2) is 0 Å². The molecule has 1 aromatic heterocycles. The van der Waals surface area contributed by atoms with E-state index in [-0.39, 0.29) is 5.41 Å². The van der Waals surface area contributed by atoms with E-state index in [1.165, 1.54) is 0 Å². The molecule has 98 valence electrons. The highest BCUT2D eigenvalue weighted by Gasteiger charge is 2.24. The Morgan fingerprint density at radius 2 is 2.00 bits per heavy atom. The average Bonchev–Trinajstić information content (AvgIpc) is 2.70. The Hall–Kier alpha value is -0.900. The number of hydrogen-bond donors (Lipinski definition) is 1. The van der Waals surface area contributed by atoms with Crippen molar-refractivity contribution in [3.05, 3.63) is 11.7 Å². The Balaban J connectivity index is 2.51. The van der Waals surface area contributed by atoms with Crippen LogP contribution in [-0.4, -0.2) is 16.7 Å². The maximum absolute atomic E-state index is 5.67. The predicted octanol–water partition coefficient (Wildman–Crippen LogP) is 2.58. The van der Waals surface area contributed by atoms with E-state index in [0.29, 0.717) is 5.92 Å². The minimum Gasteiger partial charge on any atom is -0.339 e. The van der Waals surface area contributed by atoms with Crippen molar-refractivity contribution in [2.45, 2.75) is 53.4 Å². The largest absolute Gasteiger partial charge is 0.339 e. The van der Waals surface area contributed by atoms with Crippen LogP contribution in [0.25, 0.3) is 0 Å². The molecule has 0 aliphatic heterocycles. The summed E-state index contributed by atoms with van der Waals surface area (Å²) >= 11 is 0. The third kappa shape index (κ3) is 4.46. The van der Waals surface area contributed by atoms with Crippen molar-refractivity contribution >= 4 is 0 Å². The topological polar surface area (TPSA) is 64.9 Å². The van der Waals surface area contributed by atoms with E-state index < -0.39 is 0 Å². The van der Waals surface area contributed by atoms with Gasteiger partial charge in [0.15, 0.2) is 5.82 Å². The predicted molar refractivity (Wildman–Crippen MR) is 68.6 cm³/mol. The highest BCUT2D eigenvalue weighted by atomic mass is 16.5. The van der Waals surface area contributed by atoms with Crippen LogP contribution in [0.15, 0.2) is 4.52 Å². The Bertz CT molecular complexity index is 328. The van der Waals surface area contributed by atoms with Crippen molar-refractivity contribution < 1.29 is 4.52 Å². The zero-order valence-corrected chi connectivity index (χ0v) is 11.5. The summed E-state index contributed by atoms with van der Waals surface area (Å²) in [5.41, 5.74) is 5.95. The van der Waals surface area contributed by atoms with Crippen molar-refractivity contribution in [3.8, 4) is 0 Å². The molecular formula is C13H25N3O. The third-order valence-electron chi connectivity index (χ3n) is 3.27. The van der Waals surface area contributed by atoms with E-state index in [9.17, 15) is 0 Å². The molecule has 1 rings (SSSR count). The third-order valence-corrected chi connectivity index (χ3v) is 3.27. The van der Waals surface area contributed by atoms with Gasteiger partial charge >= 0.3 is 0 Å². The van der Waals surface area contributed by atoms with Crippen LogP contribution in [0.4, 0.5) is 0 Å². The summed E-state index contributed by atoms with van der Waals surface area (Å²) in [5.74, 6) is 2.16. The molecule has 0 spiro atoms. The van der Waals surface area contributed by atoms with Gasteiger partial charge in [0.1, 0.15) is 0 Å². The Kier molecular flexibility index (Phi) is 5.12. The Morgan fingerprint density at radius 3 is 2.47 bits per heavy atom. The van der Waals surface area contributed by atoms with Crippen molar-refractivity contribution in [2.75, 3.05) is 6.54 Å². The fourth-order valence-corrected chi connectivity index (χ4v) is 2.04. The van der Waals surface area contributed by atoms with E-state index in [0.717, 1.165) is 43.9 Å². The second-order valence-corrected chi connectivity index (χ2v) is 5.64. The molecule has 2 N–H and O–H groups in total. The Labute approximate surface area is 104 Å². The molecule has 1 aromatic rings. The van der Waals surface area contributed by atoms with Crippen LogP contribution >= 0.6 is 0 Å². The first-order valence-electron chi connectivity index (χ1n) is 6.49. The molecule has 0 aliphatic carbocycles. The van der Waals surface area contributed by atoms with E-state index in [2.05, 4.69) is 30.9 Å². The zero-order chi connectivity index (χ0) is 12.9. The molecule has 0 saturated heterocycles. The van der Waals surface area contributed by atoms with Gasteiger partial charge in [0.05, 0.1) is 0 Å². The first kappa shape index (κ1) is 14.2. The summed E-state index contributed by atoms with van der Waals surface area (Å²) in [6, 6.07) is 0. The van der Waals surface area contributed by atoms with Gasteiger partial charge < -0.3 is 10.3 Å². The van der Waals surface area contributed by atoms with E-state index in [1.54, 1.807) is 0 Å². The number of aromatic nitrogens is 2. The van der Waals surface area contributed by atoms with Crippen LogP contribution < -0.4 is 5.73 Å². The van der Waals surface area contributed by atoms with Gasteiger partial charge in [0.25, 0.3) is 0 Å². The van der Waals surface area contributed by atoms with Crippen LogP contribution in [0, 0.1) is 11.3 Å². The number of rotatable bonds is 6. The maximum Gasteiger partial charge on any atom is 0.226 e. The molecule has 0 fully saturated rings. The van der Waals surface area contributed by atoms with Crippen LogP contribution in [0.2, 0.25) is 0 Å². The van der Waals surface area contributed by atoms with Gasteiger partial charge in [-0.3, -0.25) is 0 Å². The standard InChI is InChI=1S/C13H25N3O/c1-5-11-15-12(17-16-11)7-6-10(8-9-14)13(2,3)4/h10H,5-9,14H2,1-4H3. The quantitative estimate of drug-likeness (QED) is 0.828. The second-order valence-electron chi connectivity index (χ2n) is 5.64. The lowest BCUT2D eigenvalue weighted by atomic mass is 9.76. The van der Waals surface area contributed by atoms with E-state index >= 15 is 0 Å². The first-order valence-corrected chi connectivity index (χ1v) is 6.49. The lowest BCUT2D eigenvalue weighted by Gasteiger charge is -2.30. The molecule has 4 heteroatoms. The van der Waals surface area contributed by atoms with Gasteiger partial charge in [0, 0.05) is 12.8 Å². The summed E-state index contributed by atoms with van der Waals surface area (Å²) in [6.07, 6.45) is 3.80. The molecular weight excluding hydrogens is 214 g/mol. The second kappa shape index (κ2) is 6.15. The molecule has 4 nitrogen and oxygen atoms in total. The lowest BCUT2D eigenvalue weighted by molar-refractivity contribution is 0.208. The molecule has 0 amide bonds. The van der Waals surface area contributed by atoms with Gasteiger partial charge in [-0.05, 0) is 30.7 Å². The van der Waals surface area contributed by atoms with Crippen molar-refractivity contribution in [1.29, 1.82) is 0 Å². The molecule has 1 unspecified atom stereocenters. The minimum atomic E-state index is 0.285. The highest BCUT2D eigenvalue weighted by Crippen LogP contribution is 2.31. The Morgan fingerprint density at radius 1 is 1.29 bits per heavy atom. The van der Waals surface area contributed by atoms with Crippen molar-refractivity contribution in [3.63, 3.8) is 0 Å². The molecule has 0 aromatic carbocycles. The molecule has 17 heavy (non-hydrogen) atoms. The van der Waals surface area contributed by atoms with Gasteiger partial charge in [0.2, 0.25) is 5.89 Å². The normalized spacial score (nSPS) is 13.9. The van der Waals surface area contributed by atoms with Crippen LogP contribution in [-0.2, 0) is 12.8 Å². The van der Waals surface area contributed by atoms with Crippen molar-refractivity contribution in [1.82, 2.24) is 10.1 Å². The highest BCUT2D eigenvalue weighted by molar-refractivity contribution is 4.87. The average molecular weight is 239 g/mol. The molecule has 1 atom stereocenters. The summed E-state index contributed by atoms with van der Waals surface area (Å²) < 4.78 is 5.20. The molecule has 0 bridgehead atoms. The molecule has 1 heterocycles. The number of hydrogen-bond acceptors (Lipinski definition) is 4. The van der Waals surface area contributed by atoms with E-state index in [1.807, 2.05) is 6.92 Å². The van der Waals surface area contributed by atoms with Crippen LogP contribution in [0.3, 0.4) is 0 Å². The van der Waals surface area contributed by atoms with Gasteiger partial charge in [-0.15, -0.1) is 0 Å². The van der Waals surface area contributed by atoms with Gasteiger partial charge in [-0.2, -0.15) is 4.98 Å². The first-order chi connectivity index (χ1) is 7.97. The maximum atomic E-state index is 5.67. The molecule has 0 aliphatic rings.